The van der Waals surface area contributed by atoms with E-state index in [1.165, 1.54) is 17.0 Å². The highest BCUT2D eigenvalue weighted by molar-refractivity contribution is 5.84. The van der Waals surface area contributed by atoms with Gasteiger partial charge in [-0.05, 0) is 35.4 Å². The molecule has 0 aliphatic carbocycles. The van der Waals surface area contributed by atoms with Crippen molar-refractivity contribution in [3.05, 3.63) is 66.6 Å². The lowest BCUT2D eigenvalue weighted by atomic mass is 10.1. The van der Waals surface area contributed by atoms with Crippen LogP contribution in [0.2, 0.25) is 0 Å². The summed E-state index contributed by atoms with van der Waals surface area (Å²) in [5.41, 5.74) is 1.14. The molecule has 0 saturated carbocycles. The molecule has 2 aromatic rings. The van der Waals surface area contributed by atoms with Crippen molar-refractivity contribution in [1.82, 2.24) is 0 Å². The van der Waals surface area contributed by atoms with E-state index in [1.54, 1.807) is 0 Å². The lowest BCUT2D eigenvalue weighted by Crippen LogP contribution is -1.80. The maximum Gasteiger partial charge on any atom is 0.101 e. The molecule has 0 fully saturated rings. The van der Waals surface area contributed by atoms with Gasteiger partial charge in [0, 0.05) is 0 Å². The van der Waals surface area contributed by atoms with Gasteiger partial charge in [0.1, 0.15) is 5.76 Å². The predicted octanol–water partition coefficient (Wildman–Crippen LogP) is 4.36. The summed E-state index contributed by atoms with van der Waals surface area (Å²) in [5, 5.41) is 2.49. The van der Waals surface area contributed by atoms with Crippen molar-refractivity contribution in [3.63, 3.8) is 0 Å². The molecule has 0 spiro atoms. The fourth-order valence-electron chi connectivity index (χ4n) is 1.70. The number of rotatable bonds is 3. The van der Waals surface area contributed by atoms with Crippen LogP contribution in [-0.4, -0.2) is 0 Å². The van der Waals surface area contributed by atoms with Crippen LogP contribution in [-0.2, 0) is 4.74 Å². The normalized spacial score (nSPS) is 11.4. The Balaban J connectivity index is 2.39. The topological polar surface area (TPSA) is 9.23 Å². The van der Waals surface area contributed by atoms with Crippen molar-refractivity contribution in [2.45, 2.75) is 6.92 Å². The van der Waals surface area contributed by atoms with E-state index in [9.17, 15) is 0 Å². The highest BCUT2D eigenvalue weighted by Crippen LogP contribution is 2.17. The molecule has 80 valence electrons. The van der Waals surface area contributed by atoms with Gasteiger partial charge in [0.15, 0.2) is 0 Å². The molecule has 0 radical (unpaired) electrons. The van der Waals surface area contributed by atoms with E-state index in [4.69, 9.17) is 4.74 Å². The monoisotopic (exact) mass is 210 g/mol. The first-order chi connectivity index (χ1) is 7.79. The Morgan fingerprint density at radius 1 is 1.12 bits per heavy atom. The molecule has 0 unspecified atom stereocenters. The van der Waals surface area contributed by atoms with Gasteiger partial charge in [-0.15, -0.1) is 0 Å². The van der Waals surface area contributed by atoms with E-state index < -0.39 is 0 Å². The van der Waals surface area contributed by atoms with Crippen LogP contribution >= 0.6 is 0 Å². The molecule has 0 atom stereocenters. The fraction of sp³-hybridized carbons (Fsp3) is 0.0667. The van der Waals surface area contributed by atoms with Gasteiger partial charge < -0.3 is 4.74 Å². The van der Waals surface area contributed by atoms with Gasteiger partial charge in [-0.25, -0.2) is 0 Å². The second-order valence-corrected chi connectivity index (χ2v) is 3.65. The van der Waals surface area contributed by atoms with Crippen molar-refractivity contribution < 1.29 is 4.74 Å². The first kappa shape index (κ1) is 10.5. The molecular weight excluding hydrogens is 196 g/mol. The molecule has 0 bridgehead atoms. The summed E-state index contributed by atoms with van der Waals surface area (Å²) in [6.45, 7) is 5.44. The lowest BCUT2D eigenvalue weighted by molar-refractivity contribution is 0.359. The van der Waals surface area contributed by atoms with Crippen LogP contribution in [0.15, 0.2) is 61.1 Å². The third-order valence-electron chi connectivity index (χ3n) is 2.41. The predicted molar refractivity (Wildman–Crippen MR) is 68.9 cm³/mol. The number of benzene rings is 2. The first-order valence-electron chi connectivity index (χ1n) is 5.24. The average molecular weight is 210 g/mol. The van der Waals surface area contributed by atoms with E-state index in [-0.39, 0.29) is 0 Å². The van der Waals surface area contributed by atoms with Crippen LogP contribution in [0.4, 0.5) is 0 Å². The summed E-state index contributed by atoms with van der Waals surface area (Å²) in [4.78, 5) is 0. The Morgan fingerprint density at radius 2 is 1.88 bits per heavy atom. The highest BCUT2D eigenvalue weighted by atomic mass is 16.5. The van der Waals surface area contributed by atoms with E-state index in [0.29, 0.717) is 0 Å². The third kappa shape index (κ3) is 2.31. The summed E-state index contributed by atoms with van der Waals surface area (Å²) >= 11 is 0. The minimum absolute atomic E-state index is 0.838. The van der Waals surface area contributed by atoms with Crippen LogP contribution in [0.25, 0.3) is 16.8 Å². The first-order valence-corrected chi connectivity index (χ1v) is 5.24. The summed E-state index contributed by atoms with van der Waals surface area (Å²) in [6, 6.07) is 14.6. The van der Waals surface area contributed by atoms with Crippen molar-refractivity contribution in [2.75, 3.05) is 0 Å². The maximum atomic E-state index is 5.18. The van der Waals surface area contributed by atoms with Crippen LogP contribution in [0.1, 0.15) is 12.5 Å². The van der Waals surface area contributed by atoms with Gasteiger partial charge in [0.05, 0.1) is 6.26 Å². The van der Waals surface area contributed by atoms with Gasteiger partial charge in [0.25, 0.3) is 0 Å². The third-order valence-corrected chi connectivity index (χ3v) is 2.41. The number of hydrogen-bond donors (Lipinski definition) is 0. The minimum Gasteiger partial charge on any atom is -0.470 e. The summed E-state index contributed by atoms with van der Waals surface area (Å²) in [7, 11) is 0. The van der Waals surface area contributed by atoms with Crippen molar-refractivity contribution in [2.24, 2.45) is 0 Å². The zero-order valence-corrected chi connectivity index (χ0v) is 9.31. The van der Waals surface area contributed by atoms with Gasteiger partial charge in [-0.1, -0.05) is 43.0 Å². The molecular formula is C15H14O. The highest BCUT2D eigenvalue weighted by Gasteiger charge is 1.94. The molecule has 0 aromatic heterocycles. The molecule has 16 heavy (non-hydrogen) atoms. The van der Waals surface area contributed by atoms with Crippen LogP contribution in [0.5, 0.6) is 0 Å². The molecule has 1 nitrogen and oxygen atoms in total. The molecule has 0 aliphatic rings. The molecule has 0 heterocycles. The molecule has 0 N–H and O–H groups in total. The quantitative estimate of drug-likeness (QED) is 0.684. The molecule has 1 heteroatoms. The standard InChI is InChI=1S/C15H14O/c1-3-16-12(2)10-13-8-9-14-6-4-5-7-15(14)11-13/h3-11H,1H2,2H3. The molecule has 2 aromatic carbocycles. The Kier molecular flexibility index (Phi) is 3.06. The smallest absolute Gasteiger partial charge is 0.101 e. The molecule has 0 aliphatic heterocycles. The SMILES string of the molecule is C=COC(C)=Cc1ccc2ccccc2c1. The van der Waals surface area contributed by atoms with Gasteiger partial charge in [-0.2, -0.15) is 0 Å². The Hall–Kier alpha value is -2.02. The zero-order chi connectivity index (χ0) is 11.4. The number of fused-ring (bicyclic) bond motifs is 1. The van der Waals surface area contributed by atoms with E-state index in [2.05, 4.69) is 36.9 Å². The minimum atomic E-state index is 0.838. The zero-order valence-electron chi connectivity index (χ0n) is 9.31. The molecule has 0 amide bonds. The Bertz CT molecular complexity index is 538. The van der Waals surface area contributed by atoms with E-state index >= 15 is 0 Å². The Morgan fingerprint density at radius 3 is 2.62 bits per heavy atom. The number of allylic oxidation sites excluding steroid dienone is 1. The summed E-state index contributed by atoms with van der Waals surface area (Å²) in [5.74, 6) is 0.838. The number of hydrogen-bond acceptors (Lipinski definition) is 1. The second kappa shape index (κ2) is 4.67. The van der Waals surface area contributed by atoms with Crippen LogP contribution in [0, 0.1) is 0 Å². The van der Waals surface area contributed by atoms with Crippen LogP contribution in [0.3, 0.4) is 0 Å². The van der Waals surface area contributed by atoms with Crippen LogP contribution < -0.4 is 0 Å². The van der Waals surface area contributed by atoms with E-state index in [1.807, 2.05) is 25.1 Å². The summed E-state index contributed by atoms with van der Waals surface area (Å²) in [6.07, 6.45) is 3.43. The summed E-state index contributed by atoms with van der Waals surface area (Å²) < 4.78 is 5.18. The lowest BCUT2D eigenvalue weighted by Gasteiger charge is -2.01. The van der Waals surface area contributed by atoms with Gasteiger partial charge >= 0.3 is 0 Å². The fourth-order valence-corrected chi connectivity index (χ4v) is 1.70. The Labute approximate surface area is 95.7 Å². The van der Waals surface area contributed by atoms with Gasteiger partial charge in [0.2, 0.25) is 0 Å². The number of ether oxygens (including phenoxy) is 1. The van der Waals surface area contributed by atoms with Crippen molar-refractivity contribution >= 4 is 16.8 Å². The second-order valence-electron chi connectivity index (χ2n) is 3.65. The maximum absolute atomic E-state index is 5.18. The van der Waals surface area contributed by atoms with Crippen molar-refractivity contribution in [3.8, 4) is 0 Å². The van der Waals surface area contributed by atoms with Crippen molar-refractivity contribution in [1.29, 1.82) is 0 Å². The molecule has 2 rings (SSSR count). The largest absolute Gasteiger partial charge is 0.470 e. The van der Waals surface area contributed by atoms with E-state index in [0.717, 1.165) is 11.3 Å². The molecule has 0 saturated heterocycles. The van der Waals surface area contributed by atoms with Gasteiger partial charge in [-0.3, -0.25) is 0 Å². The average Bonchev–Trinajstić information content (AvgIpc) is 2.29.